The molecule has 228 valence electrons. The van der Waals surface area contributed by atoms with Crippen LogP contribution in [0.5, 0.6) is 5.75 Å². The number of nitrogens with one attached hydrogen (secondary N) is 1. The normalized spacial score (nSPS) is 34.3. The van der Waals surface area contributed by atoms with Gasteiger partial charge in [-0.3, -0.25) is 4.79 Å². The van der Waals surface area contributed by atoms with Gasteiger partial charge < -0.3 is 14.7 Å². The van der Waals surface area contributed by atoms with Crippen molar-refractivity contribution >= 4 is 33.2 Å². The van der Waals surface area contributed by atoms with Crippen LogP contribution in [0, 0.1) is 29.1 Å². The molecule has 4 aliphatic rings. The number of carbonyl (C=O) groups is 1. The number of amides is 1. The van der Waals surface area contributed by atoms with Gasteiger partial charge in [-0.15, -0.1) is 0 Å². The molecule has 2 bridgehead atoms. The molecule has 0 radical (unpaired) electrons. The van der Waals surface area contributed by atoms with Crippen LogP contribution >= 0.6 is 11.6 Å². The van der Waals surface area contributed by atoms with E-state index in [1.165, 1.54) is 11.1 Å². The van der Waals surface area contributed by atoms with Crippen molar-refractivity contribution < 1.29 is 23.1 Å². The highest BCUT2D eigenvalue weighted by Crippen LogP contribution is 2.48. The molecule has 6 atom stereocenters. The van der Waals surface area contributed by atoms with E-state index in [9.17, 15) is 23.6 Å². The van der Waals surface area contributed by atoms with E-state index in [1.807, 2.05) is 12.1 Å². The summed E-state index contributed by atoms with van der Waals surface area (Å²) in [7, 11) is -4.00. The second kappa shape index (κ2) is 11.1. The first-order chi connectivity index (χ1) is 20.4. The molecule has 1 spiro atoms. The Kier molecular flexibility index (Phi) is 7.77. The number of rotatable bonds is 0. The highest BCUT2D eigenvalue weighted by molar-refractivity contribution is 7.90. The van der Waals surface area contributed by atoms with Crippen molar-refractivity contribution in [1.82, 2.24) is 4.72 Å². The van der Waals surface area contributed by atoms with Gasteiger partial charge in [-0.25, -0.2) is 13.1 Å². The number of nitrogens with zero attached hydrogens (tertiary/aromatic N) is 2. The predicted molar refractivity (Wildman–Crippen MR) is 166 cm³/mol. The lowest BCUT2D eigenvalue weighted by atomic mass is 9.64. The Balaban J connectivity index is 1.45. The molecule has 6 rings (SSSR count). The van der Waals surface area contributed by atoms with Crippen LogP contribution in [0.2, 0.25) is 5.02 Å². The summed E-state index contributed by atoms with van der Waals surface area (Å²) in [5.41, 5.74) is 1.36. The minimum Gasteiger partial charge on any atom is -0.490 e. The van der Waals surface area contributed by atoms with Crippen molar-refractivity contribution in [3.05, 3.63) is 70.3 Å². The van der Waals surface area contributed by atoms with Gasteiger partial charge in [0.1, 0.15) is 11.8 Å². The summed E-state index contributed by atoms with van der Waals surface area (Å²) in [6, 6.07) is 13.3. The summed E-state index contributed by atoms with van der Waals surface area (Å²) in [5, 5.41) is 21.5. The zero-order valence-corrected chi connectivity index (χ0v) is 26.1. The van der Waals surface area contributed by atoms with Crippen LogP contribution < -0.4 is 14.4 Å². The van der Waals surface area contributed by atoms with E-state index in [2.05, 4.69) is 21.8 Å². The van der Waals surface area contributed by atoms with Gasteiger partial charge in [-0.2, -0.15) is 5.26 Å². The van der Waals surface area contributed by atoms with E-state index in [0.29, 0.717) is 49.0 Å². The maximum absolute atomic E-state index is 13.3. The van der Waals surface area contributed by atoms with E-state index in [0.717, 1.165) is 25.7 Å². The van der Waals surface area contributed by atoms with Gasteiger partial charge in [-0.05, 0) is 105 Å². The molecule has 2 aromatic rings. The number of aliphatic hydroxyl groups is 1. The second-order valence-corrected chi connectivity index (χ2v) is 15.4. The minimum atomic E-state index is -4.00. The molecule has 2 heterocycles. The molecule has 0 saturated heterocycles. The smallest absolute Gasteiger partial charge is 0.264 e. The lowest BCUT2D eigenvalue weighted by molar-refractivity contribution is -0.00464. The fraction of sp³-hybridized carbons (Fsp3) is 0.515. The fourth-order valence-corrected chi connectivity index (χ4v) is 8.87. The summed E-state index contributed by atoms with van der Waals surface area (Å²) in [6.45, 7) is 4.96. The highest BCUT2D eigenvalue weighted by Gasteiger charge is 2.48. The molecule has 0 unspecified atom stereocenters. The summed E-state index contributed by atoms with van der Waals surface area (Å²) < 4.78 is 35.2. The molecule has 1 fully saturated rings. The summed E-state index contributed by atoms with van der Waals surface area (Å²) >= 11 is 6.38. The number of hydrogen-bond donors (Lipinski definition) is 2. The van der Waals surface area contributed by atoms with Crippen molar-refractivity contribution in [1.29, 1.82) is 5.26 Å². The first kappa shape index (κ1) is 30.0. The Morgan fingerprint density at radius 3 is 2.74 bits per heavy atom. The van der Waals surface area contributed by atoms with Crippen LogP contribution in [-0.4, -0.2) is 50.0 Å². The number of ether oxygens (including phenoxy) is 1. The SMILES string of the molecule is C[C@@H]1[C@@H](C)C/C=C/[C@@](O)(C#N)[C@@H]2CC[C@H]2CN2C[C@@]3(CCCc4cc(Cl)ccc43)COc3ccc(cc32)C(=O)NS1(=O)=O. The molecule has 1 amide bonds. The first-order valence-corrected chi connectivity index (χ1v) is 17.1. The number of allylic oxidation sites excluding steroid dienone is 1. The number of aryl methyl sites for hydroxylation is 1. The molecular weight excluding hydrogens is 586 g/mol. The average molecular weight is 624 g/mol. The number of hydrogen-bond acceptors (Lipinski definition) is 7. The van der Waals surface area contributed by atoms with E-state index in [-0.39, 0.29) is 28.7 Å². The molecule has 10 heteroatoms. The van der Waals surface area contributed by atoms with E-state index in [4.69, 9.17) is 16.3 Å². The first-order valence-electron chi connectivity index (χ1n) is 15.1. The van der Waals surface area contributed by atoms with Gasteiger partial charge in [0.15, 0.2) is 5.60 Å². The third-order valence-corrected chi connectivity index (χ3v) is 12.5. The fourth-order valence-electron chi connectivity index (χ4n) is 7.39. The highest BCUT2D eigenvalue weighted by atomic mass is 35.5. The minimum absolute atomic E-state index is 0.0349. The number of benzene rings is 2. The molecule has 43 heavy (non-hydrogen) atoms. The number of carbonyl (C=O) groups excluding carboxylic acids is 1. The number of halogens is 1. The Morgan fingerprint density at radius 1 is 1.19 bits per heavy atom. The maximum atomic E-state index is 13.3. The van der Waals surface area contributed by atoms with Crippen LogP contribution in [0.25, 0.3) is 0 Å². The molecule has 1 saturated carbocycles. The topological polar surface area (TPSA) is 120 Å². The van der Waals surface area contributed by atoms with E-state index in [1.54, 1.807) is 44.2 Å². The average Bonchev–Trinajstić information content (AvgIpc) is 3.11. The second-order valence-electron chi connectivity index (χ2n) is 13.0. The van der Waals surface area contributed by atoms with Gasteiger partial charge >= 0.3 is 0 Å². The van der Waals surface area contributed by atoms with Crippen LogP contribution in [0.15, 0.2) is 48.6 Å². The molecule has 8 nitrogen and oxygen atoms in total. The molecule has 0 aromatic heterocycles. The standard InChI is InChI=1S/C33H38ClN3O5S/c1-21-5-3-14-33(39,18-35)28-10-7-25(28)17-37-19-32(13-4-6-23-15-26(34)9-11-27(23)32)20-42-30-12-8-24(16-29(30)37)31(38)36-43(40,41)22(21)2/h3,8-9,11-12,14-16,21-22,25,28,39H,4-7,10,13,17,19-20H2,1-2H3,(H,36,38)/b14-3+/t21-,22+,25-,28+,32-,33+/m0/s1. The largest absolute Gasteiger partial charge is 0.490 e. The van der Waals surface area contributed by atoms with Crippen molar-refractivity contribution in [2.24, 2.45) is 17.8 Å². The van der Waals surface area contributed by atoms with E-state index >= 15 is 0 Å². The summed E-state index contributed by atoms with van der Waals surface area (Å²) in [6.07, 6.45) is 8.00. The quantitative estimate of drug-likeness (QED) is 0.308. The number of fused-ring (bicyclic) bond motifs is 4. The zero-order valence-electron chi connectivity index (χ0n) is 24.6. The zero-order chi connectivity index (χ0) is 30.6. The predicted octanol–water partition coefficient (Wildman–Crippen LogP) is 5.14. The lowest BCUT2D eigenvalue weighted by Gasteiger charge is -2.47. The van der Waals surface area contributed by atoms with Crippen LogP contribution in [0.4, 0.5) is 5.69 Å². The van der Waals surface area contributed by atoms with E-state index < -0.39 is 26.8 Å². The molecule has 2 aliphatic heterocycles. The van der Waals surface area contributed by atoms with Gasteiger partial charge in [0, 0.05) is 35.0 Å². The summed E-state index contributed by atoms with van der Waals surface area (Å²) in [4.78, 5) is 15.6. The Labute approximate surface area is 258 Å². The third kappa shape index (κ3) is 5.43. The van der Waals surface area contributed by atoms with Gasteiger partial charge in [0.2, 0.25) is 10.0 Å². The van der Waals surface area contributed by atoms with Crippen molar-refractivity contribution in [2.75, 3.05) is 24.6 Å². The molecule has 2 N–H and O–H groups in total. The Hall–Kier alpha value is -3.06. The van der Waals surface area contributed by atoms with Crippen molar-refractivity contribution in [2.45, 2.75) is 68.6 Å². The van der Waals surface area contributed by atoms with Gasteiger partial charge in [0.25, 0.3) is 5.91 Å². The van der Waals surface area contributed by atoms with Crippen LogP contribution in [0.3, 0.4) is 0 Å². The molecular formula is C33H38ClN3O5S. The van der Waals surface area contributed by atoms with Crippen LogP contribution in [-0.2, 0) is 21.9 Å². The number of sulfonamides is 1. The maximum Gasteiger partial charge on any atom is 0.264 e. The third-order valence-electron chi connectivity index (χ3n) is 10.3. The van der Waals surface area contributed by atoms with Crippen molar-refractivity contribution in [3.63, 3.8) is 0 Å². The van der Waals surface area contributed by atoms with Crippen LogP contribution in [0.1, 0.15) is 67.4 Å². The summed E-state index contributed by atoms with van der Waals surface area (Å²) in [5.74, 6) is -0.651. The molecule has 2 aromatic carbocycles. The van der Waals surface area contributed by atoms with Gasteiger partial charge in [-0.1, -0.05) is 30.7 Å². The Bertz CT molecular complexity index is 1620. The Morgan fingerprint density at radius 2 is 2.00 bits per heavy atom. The molecule has 2 aliphatic carbocycles. The lowest BCUT2D eigenvalue weighted by Crippen LogP contribution is -2.52. The number of anilines is 1. The number of nitriles is 1. The van der Waals surface area contributed by atoms with Gasteiger partial charge in [0.05, 0.1) is 17.5 Å². The monoisotopic (exact) mass is 623 g/mol. The van der Waals surface area contributed by atoms with Crippen molar-refractivity contribution in [3.8, 4) is 11.8 Å².